The number of methoxy groups -OCH3 is 1. The highest BCUT2D eigenvalue weighted by Crippen LogP contribution is 2.41. The molecule has 0 spiro atoms. The number of aromatic amines is 1. The zero-order valence-electron chi connectivity index (χ0n) is 20.3. The number of aromatic nitrogens is 2. The summed E-state index contributed by atoms with van der Waals surface area (Å²) < 4.78 is 34.8. The average molecular weight is 532 g/mol. The summed E-state index contributed by atoms with van der Waals surface area (Å²) in [5.74, 6) is 1.49. The molecule has 2 aliphatic heterocycles. The SMILES string of the molecule is COc1cc(Oc2ccc(S(C)(=O)=O)nc2)cc2cc(C3=NCC(CC(=O)[N+]4(C)CC4(C)O)S3)[nH]c12. The Morgan fingerprint density at radius 1 is 1.31 bits per heavy atom. The Bertz CT molecular complexity index is 1500. The molecule has 2 aromatic heterocycles. The van der Waals surface area contributed by atoms with E-state index in [9.17, 15) is 18.3 Å². The van der Waals surface area contributed by atoms with Gasteiger partial charge in [-0.25, -0.2) is 22.7 Å². The van der Waals surface area contributed by atoms with Gasteiger partial charge in [0, 0.05) is 29.9 Å². The molecule has 2 N–H and O–H groups in total. The Balaban J connectivity index is 1.32. The number of pyridine rings is 1. The van der Waals surface area contributed by atoms with Crippen molar-refractivity contribution < 1.29 is 32.3 Å². The van der Waals surface area contributed by atoms with Crippen molar-refractivity contribution in [2.45, 2.75) is 29.3 Å². The number of rotatable bonds is 7. The first-order valence-electron chi connectivity index (χ1n) is 11.3. The molecule has 0 bridgehead atoms. The van der Waals surface area contributed by atoms with Crippen LogP contribution >= 0.6 is 11.8 Å². The summed E-state index contributed by atoms with van der Waals surface area (Å²) in [4.78, 5) is 24.7. The number of carbonyl (C=O) groups excluding carboxylic acids is 1. The number of likely N-dealkylation sites (N-methyl/N-ethyl adjacent to an activating group) is 1. The van der Waals surface area contributed by atoms with E-state index in [2.05, 4.69) is 15.0 Å². The molecule has 10 nitrogen and oxygen atoms in total. The molecule has 3 unspecified atom stereocenters. The first kappa shape index (κ1) is 24.8. The number of amides is 1. The first-order valence-corrected chi connectivity index (χ1v) is 14.0. The number of sulfone groups is 1. The molecule has 1 fully saturated rings. The number of hydrogen-bond donors (Lipinski definition) is 2. The lowest BCUT2D eigenvalue weighted by Gasteiger charge is -2.15. The lowest BCUT2D eigenvalue weighted by molar-refractivity contribution is -0.748. The van der Waals surface area contributed by atoms with Gasteiger partial charge in [0.25, 0.3) is 5.72 Å². The van der Waals surface area contributed by atoms with Crippen LogP contribution in [0.3, 0.4) is 0 Å². The van der Waals surface area contributed by atoms with Crippen LogP contribution in [0, 0.1) is 0 Å². The summed E-state index contributed by atoms with van der Waals surface area (Å²) in [6, 6.07) is 8.48. The lowest BCUT2D eigenvalue weighted by Crippen LogP contribution is -2.38. The van der Waals surface area contributed by atoms with Gasteiger partial charge >= 0.3 is 5.91 Å². The fourth-order valence-electron chi connectivity index (χ4n) is 4.29. The summed E-state index contributed by atoms with van der Waals surface area (Å²) in [6.45, 7) is 2.66. The van der Waals surface area contributed by atoms with Crippen LogP contribution < -0.4 is 9.47 Å². The van der Waals surface area contributed by atoms with Gasteiger partial charge in [-0.1, -0.05) is 11.8 Å². The second-order valence-corrected chi connectivity index (χ2v) is 12.8. The fraction of sp³-hybridized carbons (Fsp3) is 0.375. The lowest BCUT2D eigenvalue weighted by atomic mass is 10.2. The number of aliphatic hydroxyl groups is 1. The molecular formula is C24H27N4O6S2+. The molecule has 5 rings (SSSR count). The van der Waals surface area contributed by atoms with Crippen molar-refractivity contribution in [1.29, 1.82) is 0 Å². The van der Waals surface area contributed by atoms with Crippen LogP contribution in [0.15, 0.2) is 46.5 Å². The van der Waals surface area contributed by atoms with E-state index in [1.54, 1.807) is 45.0 Å². The second kappa shape index (κ2) is 8.58. The van der Waals surface area contributed by atoms with E-state index in [4.69, 9.17) is 9.47 Å². The van der Waals surface area contributed by atoms with Gasteiger partial charge in [0.2, 0.25) is 0 Å². The van der Waals surface area contributed by atoms with Crippen molar-refractivity contribution in [1.82, 2.24) is 9.97 Å². The summed E-state index contributed by atoms with van der Waals surface area (Å²) in [6.07, 6.45) is 2.81. The zero-order valence-corrected chi connectivity index (χ0v) is 21.9. The summed E-state index contributed by atoms with van der Waals surface area (Å²) in [5, 5.41) is 11.8. The number of benzene rings is 1. The normalized spacial score (nSPS) is 25.6. The molecule has 1 amide bonds. The molecule has 36 heavy (non-hydrogen) atoms. The standard InChI is InChI=1S/C24H27N4O6S2/c1-24(30)13-28(24,2)21(29)10-17-12-26-23(35-17)18-8-14-7-16(9-19(33-3)22(14)27-18)34-15-5-6-20(25-11-15)36(4,31)32/h5-9,11,17,27,30H,10,12-13H2,1-4H3/q+1. The number of nitrogens with zero attached hydrogens (tertiary/aromatic N) is 3. The molecule has 1 saturated heterocycles. The number of quaternary nitrogens is 1. The van der Waals surface area contributed by atoms with Crippen LogP contribution in [0.25, 0.3) is 10.9 Å². The van der Waals surface area contributed by atoms with Gasteiger partial charge in [-0.3, -0.25) is 4.99 Å². The predicted octanol–water partition coefficient (Wildman–Crippen LogP) is 2.71. The molecule has 2 aliphatic rings. The molecule has 3 atom stereocenters. The van der Waals surface area contributed by atoms with Crippen LogP contribution in [0.2, 0.25) is 0 Å². The molecule has 0 radical (unpaired) electrons. The van der Waals surface area contributed by atoms with Crippen LogP contribution in [-0.2, 0) is 14.6 Å². The summed E-state index contributed by atoms with van der Waals surface area (Å²) in [5.41, 5.74) is 0.633. The third-order valence-electron chi connectivity index (χ3n) is 6.69. The van der Waals surface area contributed by atoms with Crippen LogP contribution in [0.4, 0.5) is 0 Å². The Morgan fingerprint density at radius 3 is 2.67 bits per heavy atom. The number of ether oxygens (including phenoxy) is 2. The van der Waals surface area contributed by atoms with E-state index >= 15 is 0 Å². The molecule has 0 aliphatic carbocycles. The van der Waals surface area contributed by atoms with Gasteiger partial charge in [-0.15, -0.1) is 0 Å². The smallest absolute Gasteiger partial charge is 0.317 e. The number of thioether (sulfide) groups is 1. The van der Waals surface area contributed by atoms with E-state index in [1.165, 1.54) is 12.3 Å². The molecule has 4 heterocycles. The number of hydrogen-bond acceptors (Lipinski definition) is 9. The quantitative estimate of drug-likeness (QED) is 0.352. The maximum Gasteiger partial charge on any atom is 0.317 e. The van der Waals surface area contributed by atoms with Crippen molar-refractivity contribution >= 4 is 43.5 Å². The Labute approximate surface area is 212 Å². The van der Waals surface area contributed by atoms with Crippen LogP contribution in [0.5, 0.6) is 17.2 Å². The molecule has 12 heteroatoms. The Kier molecular flexibility index (Phi) is 5.90. The first-order chi connectivity index (χ1) is 16.9. The van der Waals surface area contributed by atoms with Gasteiger partial charge in [0.05, 0.1) is 44.5 Å². The maximum absolute atomic E-state index is 12.7. The van der Waals surface area contributed by atoms with Gasteiger partial charge in [-0.05, 0) is 24.3 Å². The molecule has 190 valence electrons. The highest BCUT2D eigenvalue weighted by Gasteiger charge is 2.67. The second-order valence-electron chi connectivity index (χ2n) is 9.53. The number of nitrogens with one attached hydrogen (secondary N) is 1. The summed E-state index contributed by atoms with van der Waals surface area (Å²) >= 11 is 1.55. The van der Waals surface area contributed by atoms with Crippen molar-refractivity contribution in [2.75, 3.05) is 33.5 Å². The van der Waals surface area contributed by atoms with Crippen LogP contribution in [0.1, 0.15) is 19.0 Å². The largest absolute Gasteiger partial charge is 0.494 e. The van der Waals surface area contributed by atoms with Crippen molar-refractivity contribution in [2.24, 2.45) is 4.99 Å². The fourth-order valence-corrected chi connectivity index (χ4v) is 5.93. The molecule has 1 aromatic carbocycles. The van der Waals surface area contributed by atoms with Gasteiger partial charge < -0.3 is 19.6 Å². The number of H-pyrrole nitrogens is 1. The third kappa shape index (κ3) is 4.49. The molecule has 0 saturated carbocycles. The van der Waals surface area contributed by atoms with Gasteiger partial charge in [-0.2, -0.15) is 0 Å². The third-order valence-corrected chi connectivity index (χ3v) is 8.91. The molecular weight excluding hydrogens is 504 g/mol. The van der Waals surface area contributed by atoms with Crippen LogP contribution in [-0.4, -0.2) is 83.4 Å². The zero-order chi connectivity index (χ0) is 25.9. The van der Waals surface area contributed by atoms with Crippen molar-refractivity contribution in [3.05, 3.63) is 42.2 Å². The van der Waals surface area contributed by atoms with E-state index < -0.39 is 15.6 Å². The Morgan fingerprint density at radius 2 is 2.06 bits per heavy atom. The number of fused-ring (bicyclic) bond motifs is 1. The minimum absolute atomic E-state index is 0.0214. The van der Waals surface area contributed by atoms with E-state index in [0.29, 0.717) is 36.8 Å². The number of carbonyl (C=O) groups is 1. The van der Waals surface area contributed by atoms with Crippen molar-refractivity contribution in [3.63, 3.8) is 0 Å². The highest BCUT2D eigenvalue weighted by atomic mass is 32.2. The predicted molar refractivity (Wildman–Crippen MR) is 136 cm³/mol. The topological polar surface area (TPSA) is 131 Å². The average Bonchev–Trinajstić information content (AvgIpc) is 3.20. The number of aliphatic imine (C=N–C) groups is 1. The van der Waals surface area contributed by atoms with Gasteiger partial charge in [0.15, 0.2) is 21.4 Å². The van der Waals surface area contributed by atoms with Crippen molar-refractivity contribution in [3.8, 4) is 17.2 Å². The minimum atomic E-state index is -3.39. The summed E-state index contributed by atoms with van der Waals surface area (Å²) in [7, 11) is -0.0589. The minimum Gasteiger partial charge on any atom is -0.494 e. The molecule has 3 aromatic rings. The van der Waals surface area contributed by atoms with E-state index in [0.717, 1.165) is 27.9 Å². The Hall–Kier alpha value is -2.93. The monoisotopic (exact) mass is 531 g/mol. The van der Waals surface area contributed by atoms with E-state index in [1.807, 2.05) is 12.1 Å². The van der Waals surface area contributed by atoms with Gasteiger partial charge in [0.1, 0.15) is 22.3 Å². The van der Waals surface area contributed by atoms with E-state index in [-0.39, 0.29) is 20.7 Å². The highest BCUT2D eigenvalue weighted by molar-refractivity contribution is 8.15. The maximum atomic E-state index is 12.7.